The maximum atomic E-state index is 13.7. The van der Waals surface area contributed by atoms with Crippen LogP contribution < -0.4 is 9.47 Å². The second kappa shape index (κ2) is 8.64. The molecule has 1 aliphatic rings. The molecule has 0 spiro atoms. The SMILES string of the molecule is Cc1ccc(CN(Cc2ccc3c(c2)OCO3)S(=O)(=O)c2ccc(-n3cnnn3)cc2)cc1. The van der Waals surface area contributed by atoms with E-state index in [1.54, 1.807) is 30.3 Å². The predicted molar refractivity (Wildman–Crippen MR) is 119 cm³/mol. The fourth-order valence-electron chi connectivity index (χ4n) is 3.57. The lowest BCUT2D eigenvalue weighted by Gasteiger charge is -2.23. The number of hydrogen-bond donors (Lipinski definition) is 0. The van der Waals surface area contributed by atoms with Crippen molar-refractivity contribution in [3.05, 3.63) is 89.7 Å². The molecule has 168 valence electrons. The zero-order chi connectivity index (χ0) is 22.8. The van der Waals surface area contributed by atoms with Gasteiger partial charge in [0.25, 0.3) is 0 Å². The molecule has 0 aliphatic carbocycles. The second-order valence-electron chi connectivity index (χ2n) is 7.69. The summed E-state index contributed by atoms with van der Waals surface area (Å²) in [5, 5.41) is 11.1. The Kier molecular flexibility index (Phi) is 5.53. The van der Waals surface area contributed by atoms with Crippen LogP contribution in [0, 0.1) is 6.92 Å². The number of nitrogens with zero attached hydrogens (tertiary/aromatic N) is 5. The van der Waals surface area contributed by atoms with Gasteiger partial charge in [-0.1, -0.05) is 35.9 Å². The Morgan fingerprint density at radius 2 is 1.61 bits per heavy atom. The van der Waals surface area contributed by atoms with E-state index in [-0.39, 0.29) is 24.8 Å². The van der Waals surface area contributed by atoms with Gasteiger partial charge in [0, 0.05) is 13.1 Å². The van der Waals surface area contributed by atoms with Crippen molar-refractivity contribution < 1.29 is 17.9 Å². The van der Waals surface area contributed by atoms with Crippen LogP contribution >= 0.6 is 0 Å². The van der Waals surface area contributed by atoms with Crippen LogP contribution in [0.4, 0.5) is 0 Å². The van der Waals surface area contributed by atoms with Crippen molar-refractivity contribution in [1.29, 1.82) is 0 Å². The van der Waals surface area contributed by atoms with Crippen molar-refractivity contribution in [1.82, 2.24) is 24.5 Å². The Balaban J connectivity index is 1.47. The van der Waals surface area contributed by atoms with Crippen LogP contribution in [0.25, 0.3) is 5.69 Å². The summed E-state index contributed by atoms with van der Waals surface area (Å²) in [6, 6.07) is 19.8. The number of aryl methyl sites for hydroxylation is 1. The van der Waals surface area contributed by atoms with Crippen molar-refractivity contribution in [3.8, 4) is 17.2 Å². The molecule has 0 fully saturated rings. The van der Waals surface area contributed by atoms with Crippen molar-refractivity contribution in [2.45, 2.75) is 24.9 Å². The van der Waals surface area contributed by atoms with Gasteiger partial charge < -0.3 is 9.47 Å². The third-order valence-corrected chi connectivity index (χ3v) is 7.17. The van der Waals surface area contributed by atoms with Crippen LogP contribution in [-0.2, 0) is 23.1 Å². The number of rotatable bonds is 7. The van der Waals surface area contributed by atoms with Crippen LogP contribution in [-0.4, -0.2) is 39.7 Å². The van der Waals surface area contributed by atoms with E-state index in [0.717, 1.165) is 16.7 Å². The van der Waals surface area contributed by atoms with Crippen molar-refractivity contribution in [2.75, 3.05) is 6.79 Å². The molecule has 0 unspecified atom stereocenters. The first-order valence-electron chi connectivity index (χ1n) is 10.3. The number of fused-ring (bicyclic) bond motifs is 1. The van der Waals surface area contributed by atoms with E-state index < -0.39 is 10.0 Å². The van der Waals surface area contributed by atoms with E-state index in [4.69, 9.17) is 9.47 Å². The predicted octanol–water partition coefficient (Wildman–Crippen LogP) is 3.09. The molecule has 0 amide bonds. The lowest BCUT2D eigenvalue weighted by atomic mass is 10.1. The normalized spacial score (nSPS) is 12.9. The number of tetrazole rings is 1. The quantitative estimate of drug-likeness (QED) is 0.415. The minimum Gasteiger partial charge on any atom is -0.454 e. The summed E-state index contributed by atoms with van der Waals surface area (Å²) in [5.74, 6) is 1.27. The summed E-state index contributed by atoms with van der Waals surface area (Å²) in [4.78, 5) is 0.187. The van der Waals surface area contributed by atoms with Crippen LogP contribution in [0.15, 0.2) is 78.0 Å². The summed E-state index contributed by atoms with van der Waals surface area (Å²) in [5.41, 5.74) is 3.48. The molecule has 0 N–H and O–H groups in total. The first-order valence-corrected chi connectivity index (χ1v) is 11.7. The molecule has 1 aliphatic heterocycles. The number of ether oxygens (including phenoxy) is 2. The van der Waals surface area contributed by atoms with Gasteiger partial charge >= 0.3 is 0 Å². The lowest BCUT2D eigenvalue weighted by molar-refractivity contribution is 0.174. The minimum atomic E-state index is -3.81. The Morgan fingerprint density at radius 1 is 0.909 bits per heavy atom. The van der Waals surface area contributed by atoms with Crippen molar-refractivity contribution >= 4 is 10.0 Å². The summed E-state index contributed by atoms with van der Waals surface area (Å²) in [6.07, 6.45) is 1.45. The largest absolute Gasteiger partial charge is 0.454 e. The molecule has 5 rings (SSSR count). The summed E-state index contributed by atoms with van der Waals surface area (Å²) >= 11 is 0. The Morgan fingerprint density at radius 3 is 2.33 bits per heavy atom. The van der Waals surface area contributed by atoms with E-state index in [9.17, 15) is 8.42 Å². The van der Waals surface area contributed by atoms with E-state index in [2.05, 4.69) is 15.5 Å². The van der Waals surface area contributed by atoms with Crippen LogP contribution in [0.1, 0.15) is 16.7 Å². The minimum absolute atomic E-state index is 0.164. The smallest absolute Gasteiger partial charge is 0.243 e. The summed E-state index contributed by atoms with van der Waals surface area (Å²) < 4.78 is 41.1. The third kappa shape index (κ3) is 4.43. The van der Waals surface area contributed by atoms with E-state index in [1.165, 1.54) is 15.3 Å². The van der Waals surface area contributed by atoms with Gasteiger partial charge in [0.1, 0.15) is 6.33 Å². The fourth-order valence-corrected chi connectivity index (χ4v) is 4.98. The Labute approximate surface area is 191 Å². The molecular weight excluding hydrogens is 442 g/mol. The second-order valence-corrected chi connectivity index (χ2v) is 9.63. The molecule has 0 atom stereocenters. The standard InChI is InChI=1S/C23H21N5O4S/c1-17-2-4-18(5-3-17)13-27(14-19-6-11-22-23(12-19)32-16-31-22)33(29,30)21-9-7-20(8-10-21)28-15-24-25-26-28/h2-12,15H,13-14,16H2,1H3. The van der Waals surface area contributed by atoms with E-state index >= 15 is 0 Å². The highest BCUT2D eigenvalue weighted by Gasteiger charge is 2.26. The molecule has 0 saturated heterocycles. The third-order valence-electron chi connectivity index (χ3n) is 5.36. The number of aromatic nitrogens is 4. The highest BCUT2D eigenvalue weighted by molar-refractivity contribution is 7.89. The molecule has 2 heterocycles. The highest BCUT2D eigenvalue weighted by atomic mass is 32.2. The monoisotopic (exact) mass is 463 g/mol. The molecule has 3 aromatic carbocycles. The molecule has 9 nitrogen and oxygen atoms in total. The number of sulfonamides is 1. The van der Waals surface area contributed by atoms with Gasteiger partial charge in [-0.05, 0) is 64.9 Å². The number of benzene rings is 3. The highest BCUT2D eigenvalue weighted by Crippen LogP contribution is 2.33. The molecule has 10 heteroatoms. The molecule has 0 radical (unpaired) electrons. The molecule has 0 saturated carbocycles. The average molecular weight is 464 g/mol. The van der Waals surface area contributed by atoms with Gasteiger partial charge in [-0.2, -0.15) is 4.31 Å². The van der Waals surface area contributed by atoms with Crippen LogP contribution in [0.3, 0.4) is 0 Å². The molecule has 0 bridgehead atoms. The van der Waals surface area contributed by atoms with Crippen LogP contribution in [0.2, 0.25) is 0 Å². The topological polar surface area (TPSA) is 99.4 Å². The Bertz CT molecular complexity index is 1360. The molecule has 1 aromatic heterocycles. The lowest BCUT2D eigenvalue weighted by Crippen LogP contribution is -2.30. The fraction of sp³-hybridized carbons (Fsp3) is 0.174. The maximum Gasteiger partial charge on any atom is 0.243 e. The number of hydrogen-bond acceptors (Lipinski definition) is 7. The van der Waals surface area contributed by atoms with Gasteiger partial charge in [-0.25, -0.2) is 13.1 Å². The first kappa shape index (κ1) is 21.1. The first-order chi connectivity index (χ1) is 16.0. The zero-order valence-corrected chi connectivity index (χ0v) is 18.6. The van der Waals surface area contributed by atoms with Gasteiger partial charge in [0.05, 0.1) is 10.6 Å². The van der Waals surface area contributed by atoms with Gasteiger partial charge in [0.15, 0.2) is 11.5 Å². The van der Waals surface area contributed by atoms with E-state index in [0.29, 0.717) is 17.2 Å². The summed E-state index contributed by atoms with van der Waals surface area (Å²) in [7, 11) is -3.81. The summed E-state index contributed by atoms with van der Waals surface area (Å²) in [6.45, 7) is 2.57. The maximum absolute atomic E-state index is 13.7. The van der Waals surface area contributed by atoms with Gasteiger partial charge in [0.2, 0.25) is 16.8 Å². The molecule has 33 heavy (non-hydrogen) atoms. The van der Waals surface area contributed by atoms with Gasteiger partial charge in [-0.3, -0.25) is 0 Å². The zero-order valence-electron chi connectivity index (χ0n) is 17.8. The molecular formula is C23H21N5O4S. The van der Waals surface area contributed by atoms with Crippen molar-refractivity contribution in [3.63, 3.8) is 0 Å². The average Bonchev–Trinajstić information content (AvgIpc) is 3.52. The van der Waals surface area contributed by atoms with Gasteiger partial charge in [-0.15, -0.1) is 5.10 Å². The Hall–Kier alpha value is -3.76. The molecule has 4 aromatic rings. The van der Waals surface area contributed by atoms with E-state index in [1.807, 2.05) is 43.3 Å². The van der Waals surface area contributed by atoms with Crippen LogP contribution in [0.5, 0.6) is 11.5 Å². The van der Waals surface area contributed by atoms with Crippen molar-refractivity contribution in [2.24, 2.45) is 0 Å².